The van der Waals surface area contributed by atoms with Gasteiger partial charge >= 0.3 is 0 Å². The number of oxazole rings is 1. The molecule has 25 heavy (non-hydrogen) atoms. The summed E-state index contributed by atoms with van der Waals surface area (Å²) in [4.78, 5) is 7.14. The summed E-state index contributed by atoms with van der Waals surface area (Å²) in [6.45, 7) is 7.12. The van der Waals surface area contributed by atoms with Crippen LogP contribution in [0.25, 0.3) is 22.6 Å². The molecule has 0 bridgehead atoms. The molecule has 3 aromatic rings. The second kappa shape index (κ2) is 7.05. The maximum absolute atomic E-state index is 5.94. The monoisotopic (exact) mass is 448 g/mol. The summed E-state index contributed by atoms with van der Waals surface area (Å²) in [5.41, 5.74) is 4.03. The van der Waals surface area contributed by atoms with Crippen molar-refractivity contribution in [3.63, 3.8) is 0 Å². The first-order chi connectivity index (χ1) is 12.1. The van der Waals surface area contributed by atoms with Gasteiger partial charge in [-0.15, -0.1) is 0 Å². The maximum Gasteiger partial charge on any atom is 0.227 e. The Morgan fingerprint density at radius 1 is 1.12 bits per heavy atom. The molecule has 2 aromatic carbocycles. The zero-order chi connectivity index (χ0) is 17.4. The molecule has 2 heterocycles. The Labute approximate surface area is 161 Å². The summed E-state index contributed by atoms with van der Waals surface area (Å²) < 4.78 is 12.9. The van der Waals surface area contributed by atoms with E-state index in [0.29, 0.717) is 5.89 Å². The number of benzene rings is 2. The van der Waals surface area contributed by atoms with Crippen molar-refractivity contribution in [3.05, 3.63) is 51.6 Å². The lowest BCUT2D eigenvalue weighted by Crippen LogP contribution is -2.44. The SMILES string of the molecule is C[C@@H]1CN(Cc2ccc3oc(-c4cccc(I)c4)nc3c2)C[C@@H](C)O1. The van der Waals surface area contributed by atoms with E-state index in [1.54, 1.807) is 0 Å². The highest BCUT2D eigenvalue weighted by Gasteiger charge is 2.22. The summed E-state index contributed by atoms with van der Waals surface area (Å²) >= 11 is 2.30. The lowest BCUT2D eigenvalue weighted by atomic mass is 10.1. The van der Waals surface area contributed by atoms with Crippen LogP contribution in [0.2, 0.25) is 0 Å². The molecular formula is C20H21IN2O2. The maximum atomic E-state index is 5.94. The van der Waals surface area contributed by atoms with Gasteiger partial charge in [-0.1, -0.05) is 12.1 Å². The van der Waals surface area contributed by atoms with Crippen LogP contribution in [0.1, 0.15) is 19.4 Å². The van der Waals surface area contributed by atoms with Crippen molar-refractivity contribution in [3.8, 4) is 11.5 Å². The molecule has 0 N–H and O–H groups in total. The van der Waals surface area contributed by atoms with E-state index in [0.717, 1.165) is 36.3 Å². The van der Waals surface area contributed by atoms with Crippen molar-refractivity contribution < 1.29 is 9.15 Å². The van der Waals surface area contributed by atoms with Gasteiger partial charge in [0.1, 0.15) is 5.52 Å². The zero-order valence-corrected chi connectivity index (χ0v) is 16.6. The van der Waals surface area contributed by atoms with Crippen molar-refractivity contribution in [2.45, 2.75) is 32.6 Å². The van der Waals surface area contributed by atoms with Crippen LogP contribution in [-0.4, -0.2) is 35.2 Å². The topological polar surface area (TPSA) is 38.5 Å². The predicted octanol–water partition coefficient (Wildman–Crippen LogP) is 4.71. The van der Waals surface area contributed by atoms with Crippen molar-refractivity contribution in [2.75, 3.05) is 13.1 Å². The molecule has 1 aliphatic rings. The fourth-order valence-electron chi connectivity index (χ4n) is 3.49. The van der Waals surface area contributed by atoms with Gasteiger partial charge in [-0.3, -0.25) is 4.90 Å². The van der Waals surface area contributed by atoms with Crippen LogP contribution in [0, 0.1) is 3.57 Å². The van der Waals surface area contributed by atoms with Crippen LogP contribution < -0.4 is 0 Å². The van der Waals surface area contributed by atoms with Gasteiger partial charge in [-0.25, -0.2) is 4.98 Å². The van der Waals surface area contributed by atoms with Gasteiger partial charge in [-0.05, 0) is 72.3 Å². The summed E-state index contributed by atoms with van der Waals surface area (Å²) in [7, 11) is 0. The van der Waals surface area contributed by atoms with E-state index >= 15 is 0 Å². The molecule has 130 valence electrons. The quantitative estimate of drug-likeness (QED) is 0.545. The van der Waals surface area contributed by atoms with Crippen LogP contribution >= 0.6 is 22.6 Å². The molecule has 0 saturated carbocycles. The van der Waals surface area contributed by atoms with Gasteiger partial charge in [-0.2, -0.15) is 0 Å². The number of ether oxygens (including phenoxy) is 1. The van der Waals surface area contributed by atoms with Crippen molar-refractivity contribution >= 4 is 33.7 Å². The van der Waals surface area contributed by atoms with Crippen molar-refractivity contribution in [1.82, 2.24) is 9.88 Å². The molecule has 1 aromatic heterocycles. The fourth-order valence-corrected chi connectivity index (χ4v) is 4.03. The molecule has 4 rings (SSSR count). The standard InChI is InChI=1S/C20H21IN2O2/c1-13-10-23(11-14(2)24-13)12-15-6-7-19-18(8-15)22-20(25-19)16-4-3-5-17(21)9-16/h3-9,13-14H,10-12H2,1-2H3/t13-,14-/m1/s1. The summed E-state index contributed by atoms with van der Waals surface area (Å²) in [5, 5.41) is 0. The third-order valence-corrected chi connectivity index (χ3v) is 5.10. The highest BCUT2D eigenvalue weighted by molar-refractivity contribution is 14.1. The first kappa shape index (κ1) is 17.0. The van der Waals surface area contributed by atoms with Crippen LogP contribution in [0.4, 0.5) is 0 Å². The van der Waals surface area contributed by atoms with E-state index in [-0.39, 0.29) is 12.2 Å². The highest BCUT2D eigenvalue weighted by atomic mass is 127. The first-order valence-corrected chi connectivity index (χ1v) is 9.68. The molecule has 2 atom stereocenters. The lowest BCUT2D eigenvalue weighted by molar-refractivity contribution is -0.0704. The molecule has 5 heteroatoms. The first-order valence-electron chi connectivity index (χ1n) is 8.60. The third kappa shape index (κ3) is 3.88. The Hall–Kier alpha value is -1.44. The number of fused-ring (bicyclic) bond motifs is 1. The normalized spacial score (nSPS) is 21.7. The minimum absolute atomic E-state index is 0.284. The van der Waals surface area contributed by atoms with Gasteiger partial charge in [0.25, 0.3) is 0 Å². The molecular weight excluding hydrogens is 427 g/mol. The predicted molar refractivity (Wildman–Crippen MR) is 107 cm³/mol. The Morgan fingerprint density at radius 3 is 2.68 bits per heavy atom. The number of hydrogen-bond acceptors (Lipinski definition) is 4. The van der Waals surface area contributed by atoms with E-state index < -0.39 is 0 Å². The van der Waals surface area contributed by atoms with Crippen LogP contribution in [0.15, 0.2) is 46.9 Å². The summed E-state index contributed by atoms with van der Waals surface area (Å²) in [6, 6.07) is 14.5. The Kier molecular flexibility index (Phi) is 4.80. The Bertz CT molecular complexity index is 882. The smallest absolute Gasteiger partial charge is 0.227 e. The molecule has 0 spiro atoms. The van der Waals surface area contributed by atoms with Gasteiger partial charge < -0.3 is 9.15 Å². The van der Waals surface area contributed by atoms with E-state index in [9.17, 15) is 0 Å². The number of nitrogens with zero attached hydrogens (tertiary/aromatic N) is 2. The lowest BCUT2D eigenvalue weighted by Gasteiger charge is -2.35. The van der Waals surface area contributed by atoms with E-state index in [2.05, 4.69) is 65.6 Å². The molecule has 0 aliphatic carbocycles. The van der Waals surface area contributed by atoms with E-state index in [1.807, 2.05) is 18.2 Å². The minimum Gasteiger partial charge on any atom is -0.436 e. The Balaban J connectivity index is 1.58. The third-order valence-electron chi connectivity index (χ3n) is 4.42. The van der Waals surface area contributed by atoms with Gasteiger partial charge in [0.05, 0.1) is 12.2 Å². The van der Waals surface area contributed by atoms with E-state index in [1.165, 1.54) is 9.13 Å². The van der Waals surface area contributed by atoms with E-state index in [4.69, 9.17) is 14.1 Å². The largest absolute Gasteiger partial charge is 0.436 e. The molecule has 1 fully saturated rings. The molecule has 0 unspecified atom stereocenters. The summed E-state index contributed by atoms with van der Waals surface area (Å²) in [6.07, 6.45) is 0.568. The number of morpholine rings is 1. The molecule has 0 amide bonds. The van der Waals surface area contributed by atoms with Crippen LogP contribution in [-0.2, 0) is 11.3 Å². The fraction of sp³-hybridized carbons (Fsp3) is 0.350. The molecule has 4 nitrogen and oxygen atoms in total. The second-order valence-electron chi connectivity index (χ2n) is 6.78. The van der Waals surface area contributed by atoms with Gasteiger partial charge in [0.15, 0.2) is 5.58 Å². The number of hydrogen-bond donors (Lipinski definition) is 0. The number of rotatable bonds is 3. The molecule has 1 aliphatic heterocycles. The minimum atomic E-state index is 0.284. The molecule has 0 radical (unpaired) electrons. The van der Waals surface area contributed by atoms with Crippen LogP contribution in [0.3, 0.4) is 0 Å². The number of aromatic nitrogens is 1. The van der Waals surface area contributed by atoms with Crippen LogP contribution in [0.5, 0.6) is 0 Å². The highest BCUT2D eigenvalue weighted by Crippen LogP contribution is 2.26. The van der Waals surface area contributed by atoms with Crippen molar-refractivity contribution in [1.29, 1.82) is 0 Å². The molecule has 1 saturated heterocycles. The second-order valence-corrected chi connectivity index (χ2v) is 8.03. The summed E-state index contributed by atoms with van der Waals surface area (Å²) in [5.74, 6) is 0.680. The zero-order valence-electron chi connectivity index (χ0n) is 14.4. The van der Waals surface area contributed by atoms with Crippen molar-refractivity contribution in [2.24, 2.45) is 0 Å². The average Bonchev–Trinajstić information content (AvgIpc) is 2.97. The Morgan fingerprint density at radius 2 is 1.92 bits per heavy atom. The van der Waals surface area contributed by atoms with Gasteiger partial charge in [0, 0.05) is 28.8 Å². The average molecular weight is 448 g/mol. The van der Waals surface area contributed by atoms with Gasteiger partial charge in [0.2, 0.25) is 5.89 Å². The number of halogens is 1.